The van der Waals surface area contributed by atoms with Crippen molar-refractivity contribution in [3.63, 3.8) is 0 Å². The normalized spacial score (nSPS) is 15.9. The second kappa shape index (κ2) is 5.63. The maximum Gasteiger partial charge on any atom is 0.187 e. The molecule has 0 spiro atoms. The lowest BCUT2D eigenvalue weighted by Crippen LogP contribution is -2.09. The molecule has 122 valence electrons. The van der Waals surface area contributed by atoms with Crippen molar-refractivity contribution in [3.05, 3.63) is 47.9 Å². The van der Waals surface area contributed by atoms with Crippen LogP contribution in [-0.2, 0) is 0 Å². The summed E-state index contributed by atoms with van der Waals surface area (Å²) in [6, 6.07) is 11.9. The number of methoxy groups -OCH3 is 1. The number of hydrogen-bond donors (Lipinski definition) is 1. The van der Waals surface area contributed by atoms with Gasteiger partial charge < -0.3 is 10.1 Å². The SMILES string of the molecule is COc1ccc2c(c1)NCC(C)c1nnc(-c3cccc(C)n3)n1-2. The average molecular weight is 321 g/mol. The quantitative estimate of drug-likeness (QED) is 0.785. The summed E-state index contributed by atoms with van der Waals surface area (Å²) in [6.07, 6.45) is 0. The first kappa shape index (κ1) is 14.7. The van der Waals surface area contributed by atoms with E-state index in [9.17, 15) is 0 Å². The number of rotatable bonds is 2. The second-order valence-electron chi connectivity index (χ2n) is 6.05. The summed E-state index contributed by atoms with van der Waals surface area (Å²) in [5.74, 6) is 2.75. The molecule has 24 heavy (non-hydrogen) atoms. The third kappa shape index (κ3) is 2.31. The number of pyridine rings is 1. The van der Waals surface area contributed by atoms with Gasteiger partial charge in [-0.2, -0.15) is 0 Å². The molecule has 0 radical (unpaired) electrons. The molecule has 3 heterocycles. The largest absolute Gasteiger partial charge is 0.497 e. The molecule has 2 aromatic heterocycles. The lowest BCUT2D eigenvalue weighted by molar-refractivity contribution is 0.415. The number of ether oxygens (including phenoxy) is 1. The Morgan fingerprint density at radius 3 is 2.88 bits per heavy atom. The van der Waals surface area contributed by atoms with E-state index in [2.05, 4.69) is 32.0 Å². The van der Waals surface area contributed by atoms with Crippen molar-refractivity contribution in [3.8, 4) is 23.0 Å². The van der Waals surface area contributed by atoms with E-state index in [4.69, 9.17) is 4.74 Å². The second-order valence-corrected chi connectivity index (χ2v) is 6.05. The Hall–Kier alpha value is -2.89. The van der Waals surface area contributed by atoms with Gasteiger partial charge in [-0.15, -0.1) is 10.2 Å². The Morgan fingerprint density at radius 1 is 1.21 bits per heavy atom. The molecule has 0 aliphatic carbocycles. The molecule has 3 aromatic rings. The van der Waals surface area contributed by atoms with Gasteiger partial charge in [-0.3, -0.25) is 4.57 Å². The van der Waals surface area contributed by atoms with Crippen LogP contribution >= 0.6 is 0 Å². The lowest BCUT2D eigenvalue weighted by Gasteiger charge is -2.13. The van der Waals surface area contributed by atoms with E-state index < -0.39 is 0 Å². The van der Waals surface area contributed by atoms with Crippen molar-refractivity contribution in [2.45, 2.75) is 19.8 Å². The van der Waals surface area contributed by atoms with E-state index >= 15 is 0 Å². The zero-order valence-corrected chi connectivity index (χ0v) is 13.9. The van der Waals surface area contributed by atoms with E-state index in [1.165, 1.54) is 0 Å². The summed E-state index contributed by atoms with van der Waals surface area (Å²) in [5.41, 5.74) is 3.80. The highest BCUT2D eigenvalue weighted by molar-refractivity contribution is 5.68. The van der Waals surface area contributed by atoms with Gasteiger partial charge in [0.1, 0.15) is 17.3 Å². The summed E-state index contributed by atoms with van der Waals surface area (Å²) in [7, 11) is 1.67. The number of fused-ring (bicyclic) bond motifs is 3. The molecule has 0 saturated carbocycles. The molecule has 0 fully saturated rings. The van der Waals surface area contributed by atoms with Crippen molar-refractivity contribution in [2.75, 3.05) is 19.0 Å². The van der Waals surface area contributed by atoms with Gasteiger partial charge in [0.15, 0.2) is 5.82 Å². The number of nitrogens with one attached hydrogen (secondary N) is 1. The molecule has 6 nitrogen and oxygen atoms in total. The minimum Gasteiger partial charge on any atom is -0.497 e. The summed E-state index contributed by atoms with van der Waals surface area (Å²) >= 11 is 0. The van der Waals surface area contributed by atoms with E-state index in [0.717, 1.165) is 46.7 Å². The van der Waals surface area contributed by atoms with Crippen LogP contribution in [0.15, 0.2) is 36.4 Å². The summed E-state index contributed by atoms with van der Waals surface area (Å²) in [6.45, 7) is 4.91. The average Bonchev–Trinajstić information content (AvgIpc) is 2.99. The lowest BCUT2D eigenvalue weighted by atomic mass is 10.1. The van der Waals surface area contributed by atoms with Crippen LogP contribution < -0.4 is 10.1 Å². The summed E-state index contributed by atoms with van der Waals surface area (Å²) in [4.78, 5) is 4.62. The Bertz CT molecular complexity index is 902. The first-order chi connectivity index (χ1) is 11.7. The van der Waals surface area contributed by atoms with E-state index in [-0.39, 0.29) is 5.92 Å². The Labute approximate surface area is 140 Å². The number of aryl methyl sites for hydroxylation is 1. The fraction of sp³-hybridized carbons (Fsp3) is 0.278. The first-order valence-corrected chi connectivity index (χ1v) is 7.99. The fourth-order valence-electron chi connectivity index (χ4n) is 3.02. The van der Waals surface area contributed by atoms with Crippen molar-refractivity contribution in [1.82, 2.24) is 19.7 Å². The molecule has 0 amide bonds. The molecule has 0 saturated heterocycles. The monoisotopic (exact) mass is 321 g/mol. The molecule has 1 atom stereocenters. The zero-order chi connectivity index (χ0) is 16.7. The molecular formula is C18H19N5O. The molecule has 1 unspecified atom stereocenters. The highest BCUT2D eigenvalue weighted by Gasteiger charge is 2.25. The van der Waals surface area contributed by atoms with E-state index in [1.807, 2.05) is 43.3 Å². The van der Waals surface area contributed by atoms with Crippen molar-refractivity contribution in [2.24, 2.45) is 0 Å². The van der Waals surface area contributed by atoms with Gasteiger partial charge in [0.2, 0.25) is 0 Å². The Morgan fingerprint density at radius 2 is 2.08 bits per heavy atom. The molecule has 0 bridgehead atoms. The topological polar surface area (TPSA) is 64.9 Å². The maximum atomic E-state index is 5.36. The number of aromatic nitrogens is 4. The van der Waals surface area contributed by atoms with Gasteiger partial charge in [0.05, 0.1) is 18.5 Å². The maximum absolute atomic E-state index is 5.36. The molecular weight excluding hydrogens is 302 g/mol. The van der Waals surface area contributed by atoms with Gasteiger partial charge in [-0.25, -0.2) is 4.98 Å². The molecule has 1 N–H and O–H groups in total. The zero-order valence-electron chi connectivity index (χ0n) is 13.9. The predicted molar refractivity (Wildman–Crippen MR) is 92.8 cm³/mol. The number of benzene rings is 1. The molecule has 1 aliphatic rings. The van der Waals surface area contributed by atoms with Crippen LogP contribution in [0, 0.1) is 6.92 Å². The third-order valence-electron chi connectivity index (χ3n) is 4.29. The number of anilines is 1. The fourth-order valence-corrected chi connectivity index (χ4v) is 3.02. The van der Waals surface area contributed by atoms with Crippen LogP contribution in [0.25, 0.3) is 17.2 Å². The minimum absolute atomic E-state index is 0.231. The van der Waals surface area contributed by atoms with Crippen LogP contribution in [0.5, 0.6) is 5.75 Å². The van der Waals surface area contributed by atoms with Gasteiger partial charge in [0.25, 0.3) is 0 Å². The molecule has 6 heteroatoms. The van der Waals surface area contributed by atoms with Gasteiger partial charge in [-0.1, -0.05) is 13.0 Å². The van der Waals surface area contributed by atoms with Crippen LogP contribution in [0.2, 0.25) is 0 Å². The van der Waals surface area contributed by atoms with Gasteiger partial charge in [0, 0.05) is 24.2 Å². The van der Waals surface area contributed by atoms with Crippen LogP contribution in [-0.4, -0.2) is 33.4 Å². The number of nitrogens with zero attached hydrogens (tertiary/aromatic N) is 4. The predicted octanol–water partition coefficient (Wildman–Crippen LogP) is 3.18. The first-order valence-electron chi connectivity index (χ1n) is 7.99. The van der Waals surface area contributed by atoms with E-state index in [1.54, 1.807) is 7.11 Å². The van der Waals surface area contributed by atoms with E-state index in [0.29, 0.717) is 0 Å². The van der Waals surface area contributed by atoms with Gasteiger partial charge >= 0.3 is 0 Å². The van der Waals surface area contributed by atoms with Crippen molar-refractivity contribution < 1.29 is 4.74 Å². The smallest absolute Gasteiger partial charge is 0.187 e. The molecule has 1 aliphatic heterocycles. The van der Waals surface area contributed by atoms with Crippen LogP contribution in [0.3, 0.4) is 0 Å². The Balaban J connectivity index is 1.96. The van der Waals surface area contributed by atoms with Crippen LogP contribution in [0.4, 0.5) is 5.69 Å². The Kier molecular flexibility index (Phi) is 3.45. The molecule has 1 aromatic carbocycles. The molecule has 4 rings (SSSR count). The highest BCUT2D eigenvalue weighted by atomic mass is 16.5. The summed E-state index contributed by atoms with van der Waals surface area (Å²) < 4.78 is 7.45. The van der Waals surface area contributed by atoms with Gasteiger partial charge in [-0.05, 0) is 31.2 Å². The van der Waals surface area contributed by atoms with Crippen LogP contribution in [0.1, 0.15) is 24.4 Å². The highest BCUT2D eigenvalue weighted by Crippen LogP contribution is 2.34. The number of hydrogen-bond acceptors (Lipinski definition) is 5. The summed E-state index contributed by atoms with van der Waals surface area (Å²) in [5, 5.41) is 12.4. The minimum atomic E-state index is 0.231. The standard InChI is InChI=1S/C18H19N5O/c1-11-10-19-15-9-13(24-3)7-8-16(15)23-17(11)21-22-18(23)14-6-4-5-12(2)20-14/h4-9,11,19H,10H2,1-3H3. The van der Waals surface area contributed by atoms with Crippen molar-refractivity contribution >= 4 is 5.69 Å². The van der Waals surface area contributed by atoms with Crippen molar-refractivity contribution in [1.29, 1.82) is 0 Å². The third-order valence-corrected chi connectivity index (χ3v) is 4.29.